The third-order valence-corrected chi connectivity index (χ3v) is 4.64. The molecular weight excluding hydrogens is 358 g/mol. The normalized spacial score (nSPS) is 20.8. The summed E-state index contributed by atoms with van der Waals surface area (Å²) >= 11 is 4.93. The van der Waals surface area contributed by atoms with Crippen LogP contribution in [0.3, 0.4) is 0 Å². The summed E-state index contributed by atoms with van der Waals surface area (Å²) < 4.78 is 11.7. The van der Waals surface area contributed by atoms with Crippen molar-refractivity contribution in [2.24, 2.45) is 0 Å². The molecule has 2 atom stereocenters. The van der Waals surface area contributed by atoms with Crippen LogP contribution in [-0.2, 0) is 4.79 Å². The summed E-state index contributed by atoms with van der Waals surface area (Å²) in [6.07, 6.45) is 5.24. The molecule has 0 amide bonds. The van der Waals surface area contributed by atoms with Crippen LogP contribution in [0.1, 0.15) is 10.9 Å². The summed E-state index contributed by atoms with van der Waals surface area (Å²) in [7, 11) is 1.55. The number of nitrogens with one attached hydrogen (secondary N) is 1. The maximum atomic E-state index is 11.1. The van der Waals surface area contributed by atoms with E-state index in [2.05, 4.69) is 27.2 Å². The van der Waals surface area contributed by atoms with E-state index in [-0.39, 0.29) is 12.0 Å². The molecule has 0 aromatic heterocycles. The smallest absolute Gasteiger partial charge is 0.321 e. The van der Waals surface area contributed by atoms with Gasteiger partial charge in [-0.15, -0.1) is 18.2 Å². The summed E-state index contributed by atoms with van der Waals surface area (Å²) in [5.41, 5.74) is 0.810. The Balaban J connectivity index is 2.35. The summed E-state index contributed by atoms with van der Waals surface area (Å²) in [4.78, 5) is 11.1. The van der Waals surface area contributed by atoms with Crippen LogP contribution < -0.4 is 14.8 Å². The van der Waals surface area contributed by atoms with Crippen molar-refractivity contribution in [1.29, 1.82) is 0 Å². The second kappa shape index (κ2) is 7.07. The number of hydrogen-bond donors (Lipinski definition) is 2. The van der Waals surface area contributed by atoms with Gasteiger partial charge < -0.3 is 14.6 Å². The van der Waals surface area contributed by atoms with E-state index in [4.69, 9.17) is 21.0 Å². The average molecular weight is 372 g/mol. The predicted octanol–water partition coefficient (Wildman–Crippen LogP) is 2.26. The monoisotopic (exact) mass is 371 g/mol. The summed E-state index contributed by atoms with van der Waals surface area (Å²) in [5.74, 6) is 3.13. The number of carbonyl (C=O) groups is 1. The molecule has 0 saturated carbocycles. The van der Waals surface area contributed by atoms with Crippen molar-refractivity contribution in [2.45, 2.75) is 11.4 Å². The van der Waals surface area contributed by atoms with Gasteiger partial charge in [0.2, 0.25) is 0 Å². The molecule has 7 heteroatoms. The van der Waals surface area contributed by atoms with Gasteiger partial charge in [0.15, 0.2) is 11.5 Å². The highest BCUT2D eigenvalue weighted by atomic mass is 79.9. The summed E-state index contributed by atoms with van der Waals surface area (Å²) in [6.45, 7) is 0.116. The van der Waals surface area contributed by atoms with Crippen LogP contribution in [0, 0.1) is 12.3 Å². The molecule has 1 aromatic carbocycles. The van der Waals surface area contributed by atoms with Crippen molar-refractivity contribution in [3.63, 3.8) is 0 Å². The minimum atomic E-state index is -0.863. The van der Waals surface area contributed by atoms with Crippen LogP contribution in [0.25, 0.3) is 0 Å². The van der Waals surface area contributed by atoms with Gasteiger partial charge in [0.05, 0.1) is 12.5 Å². The predicted molar refractivity (Wildman–Crippen MR) is 84.8 cm³/mol. The molecule has 0 radical (unpaired) electrons. The van der Waals surface area contributed by atoms with E-state index in [0.717, 1.165) is 10.0 Å². The number of carboxylic acid groups (broad SMARTS) is 1. The average Bonchev–Trinajstić information content (AvgIpc) is 2.95. The first-order chi connectivity index (χ1) is 10.1. The van der Waals surface area contributed by atoms with Gasteiger partial charge in [-0.2, -0.15) is 0 Å². The first-order valence-electron chi connectivity index (χ1n) is 6.11. The van der Waals surface area contributed by atoms with Crippen molar-refractivity contribution in [1.82, 2.24) is 5.32 Å². The highest BCUT2D eigenvalue weighted by molar-refractivity contribution is 9.10. The number of thioether (sulfide) groups is 1. The van der Waals surface area contributed by atoms with Crippen LogP contribution in [0.15, 0.2) is 16.6 Å². The van der Waals surface area contributed by atoms with Crippen molar-refractivity contribution >= 4 is 33.7 Å². The molecule has 1 aliphatic heterocycles. The lowest BCUT2D eigenvalue weighted by Crippen LogP contribution is -2.33. The zero-order valence-electron chi connectivity index (χ0n) is 11.3. The molecule has 0 aliphatic carbocycles. The van der Waals surface area contributed by atoms with Crippen molar-refractivity contribution in [2.75, 3.05) is 19.5 Å². The van der Waals surface area contributed by atoms with Gasteiger partial charge in [0.1, 0.15) is 12.6 Å². The largest absolute Gasteiger partial charge is 0.493 e. The van der Waals surface area contributed by atoms with Crippen LogP contribution in [-0.4, -0.2) is 36.6 Å². The van der Waals surface area contributed by atoms with Gasteiger partial charge in [-0.3, -0.25) is 10.1 Å². The topological polar surface area (TPSA) is 67.8 Å². The number of hydrogen-bond acceptors (Lipinski definition) is 5. The molecule has 0 bridgehead atoms. The fourth-order valence-corrected chi connectivity index (χ4v) is 3.69. The highest BCUT2D eigenvalue weighted by Crippen LogP contribution is 2.43. The maximum absolute atomic E-state index is 11.1. The molecule has 1 fully saturated rings. The van der Waals surface area contributed by atoms with Crippen LogP contribution in [0.2, 0.25) is 0 Å². The van der Waals surface area contributed by atoms with Gasteiger partial charge in [-0.1, -0.05) is 21.9 Å². The van der Waals surface area contributed by atoms with E-state index in [1.54, 1.807) is 13.2 Å². The van der Waals surface area contributed by atoms with Gasteiger partial charge in [-0.25, -0.2) is 0 Å². The Bertz CT molecular complexity index is 587. The van der Waals surface area contributed by atoms with E-state index in [9.17, 15) is 4.79 Å². The number of halogens is 1. The number of benzene rings is 1. The van der Waals surface area contributed by atoms with Crippen molar-refractivity contribution in [3.8, 4) is 23.8 Å². The van der Waals surface area contributed by atoms with E-state index in [1.807, 2.05) is 6.07 Å². The Hall–Kier alpha value is -1.36. The molecule has 5 nitrogen and oxygen atoms in total. The Morgan fingerprint density at radius 3 is 3.00 bits per heavy atom. The fourth-order valence-electron chi connectivity index (χ4n) is 2.00. The lowest BCUT2D eigenvalue weighted by Gasteiger charge is -2.19. The highest BCUT2D eigenvalue weighted by Gasteiger charge is 2.33. The van der Waals surface area contributed by atoms with Crippen LogP contribution >= 0.6 is 27.7 Å². The summed E-state index contributed by atoms with van der Waals surface area (Å²) in [5, 5.41) is 11.9. The second-order valence-electron chi connectivity index (χ2n) is 4.29. The zero-order valence-corrected chi connectivity index (χ0v) is 13.7. The number of ether oxygens (including phenoxy) is 2. The minimum Gasteiger partial charge on any atom is -0.493 e. The molecule has 1 aromatic rings. The molecule has 1 aliphatic rings. The quantitative estimate of drug-likeness (QED) is 0.773. The van der Waals surface area contributed by atoms with E-state index in [1.165, 1.54) is 11.8 Å². The Morgan fingerprint density at radius 1 is 1.67 bits per heavy atom. The number of methoxy groups -OCH3 is 1. The number of carboxylic acids is 1. The van der Waals surface area contributed by atoms with E-state index in [0.29, 0.717) is 17.3 Å². The van der Waals surface area contributed by atoms with E-state index < -0.39 is 12.0 Å². The van der Waals surface area contributed by atoms with Gasteiger partial charge in [-0.05, 0) is 12.1 Å². The van der Waals surface area contributed by atoms with Gasteiger partial charge >= 0.3 is 5.97 Å². The number of rotatable bonds is 5. The Kier molecular flexibility index (Phi) is 5.39. The van der Waals surface area contributed by atoms with Crippen LogP contribution in [0.5, 0.6) is 11.5 Å². The summed E-state index contributed by atoms with van der Waals surface area (Å²) in [6, 6.07) is 3.08. The molecule has 2 rings (SSSR count). The fraction of sp³-hybridized carbons (Fsp3) is 0.357. The maximum Gasteiger partial charge on any atom is 0.321 e. The third kappa shape index (κ3) is 3.64. The third-order valence-electron chi connectivity index (χ3n) is 2.93. The standard InChI is InChI=1S/C14H14BrNO4S/c1-3-4-20-12-9(5-8(15)6-11(12)19-2)13-16-10(7-21-13)14(17)18/h1,5-6,10,13,16H,4,7H2,2H3,(H,17,18)/t10-,13-/m1/s1. The van der Waals surface area contributed by atoms with Crippen LogP contribution in [0.4, 0.5) is 0 Å². The molecule has 112 valence electrons. The second-order valence-corrected chi connectivity index (χ2v) is 6.34. The Morgan fingerprint density at radius 2 is 2.43 bits per heavy atom. The lowest BCUT2D eigenvalue weighted by molar-refractivity contribution is -0.138. The molecule has 2 N–H and O–H groups in total. The molecule has 1 saturated heterocycles. The zero-order chi connectivity index (χ0) is 15.4. The minimum absolute atomic E-state index is 0.116. The molecule has 21 heavy (non-hydrogen) atoms. The number of aliphatic carboxylic acids is 1. The molecule has 0 unspecified atom stereocenters. The Labute approximate surface area is 135 Å². The van der Waals surface area contributed by atoms with Crippen molar-refractivity contribution < 1.29 is 19.4 Å². The first kappa shape index (κ1) is 16.0. The van der Waals surface area contributed by atoms with E-state index >= 15 is 0 Å². The SMILES string of the molecule is C#CCOc1c(OC)cc(Br)cc1[C@@H]1N[C@@H](C(=O)O)CS1. The number of terminal acetylenes is 1. The molecule has 0 spiro atoms. The lowest BCUT2D eigenvalue weighted by atomic mass is 10.1. The first-order valence-corrected chi connectivity index (χ1v) is 7.95. The van der Waals surface area contributed by atoms with Gasteiger partial charge in [0, 0.05) is 15.8 Å². The molecular formula is C14H14BrNO4S. The van der Waals surface area contributed by atoms with Gasteiger partial charge in [0.25, 0.3) is 0 Å². The molecule has 1 heterocycles. The van der Waals surface area contributed by atoms with Crippen molar-refractivity contribution in [3.05, 3.63) is 22.2 Å².